The van der Waals surface area contributed by atoms with E-state index in [0.29, 0.717) is 11.4 Å². The standard InChI is InChI=1S/C22H31N5O5/c1-22(2,3)19(21(31)26-11-16(29)9-18(26)20(30)23-4)27-10-15(24-25-27)13-32-17-7-5-14(12-28)6-8-17/h5-8,10,16,18-19,28-29H,9,11-13H2,1-4H3,(H,23,30)/t16?,18-,19?/m1/s1. The summed E-state index contributed by atoms with van der Waals surface area (Å²) < 4.78 is 7.23. The van der Waals surface area contributed by atoms with Crippen molar-refractivity contribution < 1.29 is 24.5 Å². The lowest BCUT2D eigenvalue weighted by atomic mass is 9.85. The zero-order valence-electron chi connectivity index (χ0n) is 18.9. The van der Waals surface area contributed by atoms with E-state index in [1.54, 1.807) is 30.5 Å². The molecule has 2 heterocycles. The van der Waals surface area contributed by atoms with Crippen LogP contribution in [-0.2, 0) is 22.8 Å². The number of aliphatic hydroxyl groups excluding tert-OH is 2. The number of aromatic nitrogens is 3. The number of hydrogen-bond donors (Lipinski definition) is 3. The maximum atomic E-state index is 13.5. The molecule has 3 rings (SSSR count). The number of amides is 2. The normalized spacial score (nSPS) is 19.6. The second-order valence-corrected chi connectivity index (χ2v) is 9.06. The van der Waals surface area contributed by atoms with Gasteiger partial charge in [-0.1, -0.05) is 38.1 Å². The number of likely N-dealkylation sites (N-methyl/N-ethyl adjacent to an activating group) is 1. The van der Waals surface area contributed by atoms with E-state index < -0.39 is 23.6 Å². The SMILES string of the molecule is CNC(=O)[C@H]1CC(O)CN1C(=O)C(n1cc(COc2ccc(CO)cc2)nn1)C(C)(C)C. The van der Waals surface area contributed by atoms with Crippen LogP contribution in [0.15, 0.2) is 30.5 Å². The van der Waals surface area contributed by atoms with E-state index in [0.717, 1.165) is 5.56 Å². The molecule has 3 atom stereocenters. The topological polar surface area (TPSA) is 130 Å². The van der Waals surface area contributed by atoms with Gasteiger partial charge in [-0.05, 0) is 23.1 Å². The highest BCUT2D eigenvalue weighted by Gasteiger charge is 2.44. The largest absolute Gasteiger partial charge is 0.487 e. The number of carbonyl (C=O) groups excluding carboxylic acids is 2. The van der Waals surface area contributed by atoms with Gasteiger partial charge in [0.1, 0.15) is 30.1 Å². The summed E-state index contributed by atoms with van der Waals surface area (Å²) in [5.41, 5.74) is 0.809. The Hall–Kier alpha value is -2.98. The lowest BCUT2D eigenvalue weighted by Gasteiger charge is -2.34. The van der Waals surface area contributed by atoms with Gasteiger partial charge in [-0.15, -0.1) is 5.10 Å². The molecule has 2 unspecified atom stereocenters. The van der Waals surface area contributed by atoms with E-state index in [4.69, 9.17) is 9.84 Å². The minimum atomic E-state index is -0.751. The Morgan fingerprint density at radius 3 is 2.56 bits per heavy atom. The molecule has 0 aliphatic carbocycles. The van der Waals surface area contributed by atoms with Crippen molar-refractivity contribution in [2.24, 2.45) is 5.41 Å². The summed E-state index contributed by atoms with van der Waals surface area (Å²) in [6.07, 6.45) is 1.12. The number of likely N-dealkylation sites (tertiary alicyclic amines) is 1. The lowest BCUT2D eigenvalue weighted by Crippen LogP contribution is -2.49. The molecule has 1 saturated heterocycles. The smallest absolute Gasteiger partial charge is 0.248 e. The Labute approximate surface area is 187 Å². The van der Waals surface area contributed by atoms with Crippen molar-refractivity contribution in [3.8, 4) is 5.75 Å². The predicted octanol–water partition coefficient (Wildman–Crippen LogP) is 0.644. The molecule has 1 fully saturated rings. The predicted molar refractivity (Wildman–Crippen MR) is 115 cm³/mol. The van der Waals surface area contributed by atoms with Gasteiger partial charge in [-0.25, -0.2) is 4.68 Å². The molecule has 2 aromatic rings. The molecule has 0 spiro atoms. The number of ether oxygens (including phenoxy) is 1. The first-order valence-electron chi connectivity index (χ1n) is 10.6. The van der Waals surface area contributed by atoms with Crippen LogP contribution >= 0.6 is 0 Å². The van der Waals surface area contributed by atoms with Crippen molar-refractivity contribution in [1.29, 1.82) is 0 Å². The molecule has 1 aliphatic heterocycles. The molecular weight excluding hydrogens is 414 g/mol. The minimum Gasteiger partial charge on any atom is -0.487 e. The highest BCUT2D eigenvalue weighted by atomic mass is 16.5. The fourth-order valence-corrected chi connectivity index (χ4v) is 3.86. The van der Waals surface area contributed by atoms with Crippen LogP contribution in [0.1, 0.15) is 44.5 Å². The van der Waals surface area contributed by atoms with Crippen molar-refractivity contribution in [3.63, 3.8) is 0 Å². The van der Waals surface area contributed by atoms with Crippen LogP contribution in [0.25, 0.3) is 0 Å². The van der Waals surface area contributed by atoms with E-state index in [9.17, 15) is 14.7 Å². The third-order valence-corrected chi connectivity index (χ3v) is 5.48. The molecule has 0 bridgehead atoms. The van der Waals surface area contributed by atoms with E-state index in [1.165, 1.54) is 16.6 Å². The van der Waals surface area contributed by atoms with Gasteiger partial charge in [0.2, 0.25) is 11.8 Å². The molecule has 174 valence electrons. The molecular formula is C22H31N5O5. The zero-order chi connectivity index (χ0) is 23.5. The summed E-state index contributed by atoms with van der Waals surface area (Å²) in [4.78, 5) is 27.2. The summed E-state index contributed by atoms with van der Waals surface area (Å²) in [7, 11) is 1.51. The fraction of sp³-hybridized carbons (Fsp3) is 0.545. The van der Waals surface area contributed by atoms with Gasteiger partial charge in [0.05, 0.1) is 18.9 Å². The Kier molecular flexibility index (Phi) is 7.15. The average molecular weight is 446 g/mol. The van der Waals surface area contributed by atoms with Gasteiger partial charge in [-0.2, -0.15) is 0 Å². The number of aliphatic hydroxyl groups is 2. The van der Waals surface area contributed by atoms with Gasteiger partial charge in [-0.3, -0.25) is 9.59 Å². The van der Waals surface area contributed by atoms with Crippen LogP contribution in [-0.4, -0.2) is 67.7 Å². The van der Waals surface area contributed by atoms with Crippen molar-refractivity contribution >= 4 is 11.8 Å². The maximum absolute atomic E-state index is 13.5. The second-order valence-electron chi connectivity index (χ2n) is 9.06. The average Bonchev–Trinajstić information content (AvgIpc) is 3.37. The number of nitrogens with one attached hydrogen (secondary N) is 1. The first-order chi connectivity index (χ1) is 15.1. The molecule has 2 amide bonds. The Morgan fingerprint density at radius 2 is 1.97 bits per heavy atom. The number of β-amino-alcohol motifs (C(OH)–C–C–N with tert-alkyl or cyclic N) is 1. The van der Waals surface area contributed by atoms with Crippen LogP contribution in [0.5, 0.6) is 5.75 Å². The van der Waals surface area contributed by atoms with Gasteiger partial charge in [0.25, 0.3) is 0 Å². The quantitative estimate of drug-likeness (QED) is 0.570. The number of rotatable bonds is 7. The van der Waals surface area contributed by atoms with Gasteiger partial charge in [0, 0.05) is 20.0 Å². The monoisotopic (exact) mass is 445 g/mol. The van der Waals surface area contributed by atoms with Gasteiger partial charge >= 0.3 is 0 Å². The molecule has 10 heteroatoms. The van der Waals surface area contributed by atoms with Crippen LogP contribution < -0.4 is 10.1 Å². The molecule has 3 N–H and O–H groups in total. The highest BCUT2D eigenvalue weighted by molar-refractivity contribution is 5.90. The molecule has 32 heavy (non-hydrogen) atoms. The summed E-state index contributed by atoms with van der Waals surface area (Å²) >= 11 is 0. The van der Waals surface area contributed by atoms with E-state index >= 15 is 0 Å². The van der Waals surface area contributed by atoms with Gasteiger partial charge in [0.15, 0.2) is 0 Å². The first kappa shape index (κ1) is 23.7. The number of nitrogens with zero attached hydrogens (tertiary/aromatic N) is 4. The Morgan fingerprint density at radius 1 is 1.28 bits per heavy atom. The van der Waals surface area contributed by atoms with Crippen molar-refractivity contribution in [2.75, 3.05) is 13.6 Å². The summed E-state index contributed by atoms with van der Waals surface area (Å²) in [5.74, 6) is 0.0294. The summed E-state index contributed by atoms with van der Waals surface area (Å²) in [6.45, 7) is 5.96. The maximum Gasteiger partial charge on any atom is 0.248 e. The third kappa shape index (κ3) is 5.25. The van der Waals surface area contributed by atoms with E-state index in [1.807, 2.05) is 20.8 Å². The van der Waals surface area contributed by atoms with Crippen LogP contribution in [0.3, 0.4) is 0 Å². The first-order valence-corrected chi connectivity index (χ1v) is 10.6. The van der Waals surface area contributed by atoms with Crippen LogP contribution in [0.2, 0.25) is 0 Å². The highest BCUT2D eigenvalue weighted by Crippen LogP contribution is 2.34. The number of carbonyl (C=O) groups is 2. The summed E-state index contributed by atoms with van der Waals surface area (Å²) in [5, 5.41) is 30.1. The summed E-state index contributed by atoms with van der Waals surface area (Å²) in [6, 6.07) is 5.62. The molecule has 1 aromatic heterocycles. The molecule has 0 radical (unpaired) electrons. The van der Waals surface area contributed by atoms with Crippen LogP contribution in [0.4, 0.5) is 0 Å². The fourth-order valence-electron chi connectivity index (χ4n) is 3.86. The zero-order valence-corrected chi connectivity index (χ0v) is 18.9. The van der Waals surface area contributed by atoms with E-state index in [2.05, 4.69) is 15.6 Å². The Bertz CT molecular complexity index is 937. The van der Waals surface area contributed by atoms with E-state index in [-0.39, 0.29) is 38.0 Å². The molecule has 10 nitrogen and oxygen atoms in total. The van der Waals surface area contributed by atoms with Crippen molar-refractivity contribution in [3.05, 3.63) is 41.7 Å². The molecule has 1 aromatic carbocycles. The Balaban J connectivity index is 1.77. The van der Waals surface area contributed by atoms with Crippen molar-refractivity contribution in [1.82, 2.24) is 25.2 Å². The number of hydrogen-bond acceptors (Lipinski definition) is 7. The molecule has 1 aliphatic rings. The second kappa shape index (κ2) is 9.66. The minimum absolute atomic E-state index is 0.0361. The van der Waals surface area contributed by atoms with Gasteiger partial charge < -0.3 is 25.2 Å². The third-order valence-electron chi connectivity index (χ3n) is 5.48. The number of benzene rings is 1. The molecule has 0 saturated carbocycles. The van der Waals surface area contributed by atoms with Crippen molar-refractivity contribution in [2.45, 2.75) is 58.6 Å². The lowest BCUT2D eigenvalue weighted by molar-refractivity contribution is -0.144. The van der Waals surface area contributed by atoms with Crippen LogP contribution in [0, 0.1) is 5.41 Å².